The quantitative estimate of drug-likeness (QED) is 0.427. The van der Waals surface area contributed by atoms with Crippen molar-refractivity contribution in [2.45, 2.75) is 6.92 Å². The van der Waals surface area contributed by atoms with E-state index in [0.717, 1.165) is 0 Å². The molecule has 6 nitrogen and oxygen atoms in total. The Morgan fingerprint density at radius 3 is 2.93 bits per heavy atom. The summed E-state index contributed by atoms with van der Waals surface area (Å²) in [5.41, 5.74) is -0.236. The molecule has 0 aliphatic heterocycles. The molecule has 0 atom stereocenters. The van der Waals surface area contributed by atoms with Crippen LogP contribution in [0.1, 0.15) is 12.7 Å². The Morgan fingerprint density at radius 1 is 1.73 bits per heavy atom. The summed E-state index contributed by atoms with van der Waals surface area (Å²) < 4.78 is 9.42. The average Bonchev–Trinajstić information content (AvgIpc) is 2.63. The first-order valence-electron chi connectivity index (χ1n) is 4.11. The van der Waals surface area contributed by atoms with E-state index in [0.29, 0.717) is 5.76 Å². The van der Waals surface area contributed by atoms with Crippen LogP contribution in [0.4, 0.5) is 0 Å². The van der Waals surface area contributed by atoms with E-state index < -0.39 is 10.9 Å². The van der Waals surface area contributed by atoms with E-state index in [2.05, 4.69) is 4.74 Å². The van der Waals surface area contributed by atoms with Crippen molar-refractivity contribution in [2.75, 3.05) is 6.61 Å². The number of ether oxygens (including phenoxy) is 1. The van der Waals surface area contributed by atoms with Crippen molar-refractivity contribution in [1.82, 2.24) is 0 Å². The first-order chi connectivity index (χ1) is 7.09. The highest BCUT2D eigenvalue weighted by molar-refractivity contribution is 5.66. The van der Waals surface area contributed by atoms with Gasteiger partial charge >= 0.3 is 5.97 Å². The number of hydrogen-bond acceptors (Lipinski definition) is 5. The summed E-state index contributed by atoms with van der Waals surface area (Å²) >= 11 is 0. The fraction of sp³-hybridized carbons (Fsp3) is 0.222. The second-order valence-corrected chi connectivity index (χ2v) is 2.69. The Bertz CT molecular complexity index is 379. The highest BCUT2D eigenvalue weighted by Gasteiger charge is 2.13. The lowest BCUT2D eigenvalue weighted by Gasteiger charge is -1.98. The van der Waals surface area contributed by atoms with E-state index in [-0.39, 0.29) is 12.3 Å². The van der Waals surface area contributed by atoms with E-state index in [1.807, 2.05) is 0 Å². The van der Waals surface area contributed by atoms with Crippen LogP contribution >= 0.6 is 0 Å². The normalized spacial score (nSPS) is 11.1. The van der Waals surface area contributed by atoms with Crippen LogP contribution in [0.5, 0.6) is 0 Å². The zero-order chi connectivity index (χ0) is 11.3. The SMILES string of the molecule is CC(=O)OC/C(=C\c1ccco1)[N+](=O)[O-]. The van der Waals surface area contributed by atoms with Crippen molar-refractivity contribution < 1.29 is 18.9 Å². The molecule has 6 heteroatoms. The number of carbonyl (C=O) groups excluding carboxylic acids is 1. The van der Waals surface area contributed by atoms with E-state index in [1.54, 1.807) is 12.1 Å². The minimum absolute atomic E-state index is 0.236. The zero-order valence-electron chi connectivity index (χ0n) is 8.00. The van der Waals surface area contributed by atoms with Gasteiger partial charge in [0.15, 0.2) is 6.61 Å². The second-order valence-electron chi connectivity index (χ2n) is 2.69. The molecule has 0 aliphatic carbocycles. The lowest BCUT2D eigenvalue weighted by Crippen LogP contribution is -2.09. The van der Waals surface area contributed by atoms with Crippen LogP contribution in [0.15, 0.2) is 28.5 Å². The van der Waals surface area contributed by atoms with Gasteiger partial charge in [0.25, 0.3) is 5.70 Å². The summed E-state index contributed by atoms with van der Waals surface area (Å²) in [5.74, 6) is -0.226. The zero-order valence-corrected chi connectivity index (χ0v) is 8.00. The predicted molar refractivity (Wildman–Crippen MR) is 50.3 cm³/mol. The molecule has 0 amide bonds. The maximum Gasteiger partial charge on any atom is 0.303 e. The van der Waals surface area contributed by atoms with Crippen LogP contribution in [0.25, 0.3) is 6.08 Å². The molecule has 0 bridgehead atoms. The van der Waals surface area contributed by atoms with Gasteiger partial charge in [0.05, 0.1) is 17.3 Å². The van der Waals surface area contributed by atoms with E-state index in [4.69, 9.17) is 4.42 Å². The lowest BCUT2D eigenvalue weighted by molar-refractivity contribution is -0.428. The molecule has 0 aromatic carbocycles. The number of esters is 1. The summed E-state index contributed by atoms with van der Waals surface area (Å²) in [4.78, 5) is 20.4. The third-order valence-corrected chi connectivity index (χ3v) is 1.51. The van der Waals surface area contributed by atoms with Gasteiger partial charge in [0.2, 0.25) is 0 Å². The van der Waals surface area contributed by atoms with Crippen LogP contribution in [0.2, 0.25) is 0 Å². The Kier molecular flexibility index (Phi) is 3.61. The number of furan rings is 1. The molecule has 0 aliphatic rings. The number of nitrogens with zero attached hydrogens (tertiary/aromatic N) is 1. The molecule has 0 spiro atoms. The van der Waals surface area contributed by atoms with Gasteiger partial charge in [-0.2, -0.15) is 0 Å². The summed E-state index contributed by atoms with van der Waals surface area (Å²) in [6.07, 6.45) is 2.61. The van der Waals surface area contributed by atoms with Crippen LogP contribution in [0.3, 0.4) is 0 Å². The van der Waals surface area contributed by atoms with E-state index in [9.17, 15) is 14.9 Å². The molecule has 0 fully saturated rings. The van der Waals surface area contributed by atoms with Gasteiger partial charge < -0.3 is 9.15 Å². The average molecular weight is 211 g/mol. The summed E-state index contributed by atoms with van der Waals surface area (Å²) in [6, 6.07) is 3.17. The third kappa shape index (κ3) is 3.63. The summed E-state index contributed by atoms with van der Waals surface area (Å²) in [6.45, 7) is 0.813. The predicted octanol–water partition coefficient (Wildman–Crippen LogP) is 1.46. The first-order valence-corrected chi connectivity index (χ1v) is 4.11. The van der Waals surface area contributed by atoms with Gasteiger partial charge in [-0.1, -0.05) is 0 Å². The van der Waals surface area contributed by atoms with Gasteiger partial charge in [0, 0.05) is 6.92 Å². The maximum absolute atomic E-state index is 10.5. The molecular formula is C9H9NO5. The highest BCUT2D eigenvalue weighted by Crippen LogP contribution is 2.08. The molecule has 0 saturated carbocycles. The van der Waals surface area contributed by atoms with Gasteiger partial charge in [-0.05, 0) is 12.1 Å². The smallest absolute Gasteiger partial charge is 0.303 e. The minimum Gasteiger partial charge on any atom is -0.465 e. The minimum atomic E-state index is -0.620. The number of hydrogen-bond donors (Lipinski definition) is 0. The van der Waals surface area contributed by atoms with E-state index >= 15 is 0 Å². The number of rotatable bonds is 4. The fourth-order valence-corrected chi connectivity index (χ4v) is 0.860. The van der Waals surface area contributed by atoms with Crippen molar-refractivity contribution in [3.8, 4) is 0 Å². The molecule has 1 aromatic rings. The van der Waals surface area contributed by atoms with Gasteiger partial charge in [-0.15, -0.1) is 0 Å². The molecule has 15 heavy (non-hydrogen) atoms. The van der Waals surface area contributed by atoms with E-state index in [1.165, 1.54) is 19.3 Å². The molecule has 0 saturated heterocycles. The molecular weight excluding hydrogens is 202 g/mol. The van der Waals surface area contributed by atoms with Crippen molar-refractivity contribution in [1.29, 1.82) is 0 Å². The second kappa shape index (κ2) is 4.94. The molecule has 0 N–H and O–H groups in total. The van der Waals surface area contributed by atoms with Gasteiger partial charge in [0.1, 0.15) is 5.76 Å². The van der Waals surface area contributed by atoms with Crippen LogP contribution in [-0.4, -0.2) is 17.5 Å². The molecule has 0 radical (unpaired) electrons. The first kappa shape index (κ1) is 11.0. The Balaban J connectivity index is 2.74. The van der Waals surface area contributed by atoms with Crippen molar-refractivity contribution in [3.63, 3.8) is 0 Å². The van der Waals surface area contributed by atoms with Crippen molar-refractivity contribution in [3.05, 3.63) is 40.0 Å². The lowest BCUT2D eigenvalue weighted by atomic mass is 10.3. The molecule has 80 valence electrons. The standard InChI is InChI=1S/C9H9NO5/c1-7(11)15-6-8(10(12)13)5-9-3-2-4-14-9/h2-5H,6H2,1H3/b8-5+. The third-order valence-electron chi connectivity index (χ3n) is 1.51. The number of carbonyl (C=O) groups is 1. The van der Waals surface area contributed by atoms with Gasteiger partial charge in [-0.3, -0.25) is 14.9 Å². The Morgan fingerprint density at radius 2 is 2.47 bits per heavy atom. The molecule has 1 heterocycles. The largest absolute Gasteiger partial charge is 0.465 e. The van der Waals surface area contributed by atoms with Crippen molar-refractivity contribution >= 4 is 12.0 Å². The highest BCUT2D eigenvalue weighted by atomic mass is 16.6. The van der Waals surface area contributed by atoms with Crippen molar-refractivity contribution in [2.24, 2.45) is 0 Å². The van der Waals surface area contributed by atoms with Gasteiger partial charge in [-0.25, -0.2) is 0 Å². The molecule has 1 rings (SSSR count). The monoisotopic (exact) mass is 211 g/mol. The topological polar surface area (TPSA) is 82.6 Å². The maximum atomic E-state index is 10.5. The fourth-order valence-electron chi connectivity index (χ4n) is 0.860. The Labute approximate surface area is 85.3 Å². The van der Waals surface area contributed by atoms with Crippen LogP contribution < -0.4 is 0 Å². The number of nitro groups is 1. The summed E-state index contributed by atoms with van der Waals surface area (Å²) in [7, 11) is 0. The molecule has 0 unspecified atom stereocenters. The van der Waals surface area contributed by atoms with Crippen LogP contribution in [-0.2, 0) is 9.53 Å². The summed E-state index contributed by atoms with van der Waals surface area (Å²) in [5, 5.41) is 10.5. The van der Waals surface area contributed by atoms with Crippen LogP contribution in [0, 0.1) is 10.1 Å². The Hall–Kier alpha value is -2.11. The molecule has 1 aromatic heterocycles.